The fourth-order valence-corrected chi connectivity index (χ4v) is 5.78. The Morgan fingerprint density at radius 2 is 0.684 bits per heavy atom. The lowest BCUT2D eigenvalue weighted by Crippen LogP contribution is -1.94. The fraction of sp³-hybridized carbons (Fsp3) is 0. The number of benzene rings is 7. The van der Waals surface area contributed by atoms with Gasteiger partial charge in [-0.3, -0.25) is 0 Å². The van der Waals surface area contributed by atoms with Crippen LogP contribution in [-0.4, -0.2) is 0 Å². The van der Waals surface area contributed by atoms with E-state index in [0.29, 0.717) is 11.1 Å². The van der Waals surface area contributed by atoms with Crippen molar-refractivity contribution in [2.45, 2.75) is 0 Å². The maximum Gasteiger partial charge on any atom is 0.0998 e. The molecule has 2 nitrogen and oxygen atoms in total. The minimum absolute atomic E-state index is 0.552. The van der Waals surface area contributed by atoms with Crippen molar-refractivity contribution < 1.29 is 0 Å². The molecule has 0 N–H and O–H groups in total. The molecule has 7 aromatic rings. The first-order valence-corrected chi connectivity index (χ1v) is 12.6. The van der Waals surface area contributed by atoms with E-state index < -0.39 is 0 Å². The van der Waals surface area contributed by atoms with E-state index in [4.69, 9.17) is 0 Å². The Bertz CT molecular complexity index is 2000. The molecule has 0 spiro atoms. The van der Waals surface area contributed by atoms with Crippen LogP contribution in [-0.2, 0) is 0 Å². The van der Waals surface area contributed by atoms with Gasteiger partial charge in [0.2, 0.25) is 0 Å². The first kappa shape index (κ1) is 21.8. The second-order valence-corrected chi connectivity index (χ2v) is 9.55. The molecule has 7 rings (SSSR count). The molecule has 0 aromatic heterocycles. The Kier molecular flexibility index (Phi) is 4.93. The highest BCUT2D eigenvalue weighted by atomic mass is 14.3. The second-order valence-electron chi connectivity index (χ2n) is 9.55. The van der Waals surface area contributed by atoms with Crippen LogP contribution in [0.4, 0.5) is 0 Å². The van der Waals surface area contributed by atoms with Crippen LogP contribution in [0.25, 0.3) is 65.3 Å². The first-order chi connectivity index (χ1) is 18.8. The summed E-state index contributed by atoms with van der Waals surface area (Å²) in [6.07, 6.45) is 0. The molecule has 174 valence electrons. The minimum Gasteiger partial charge on any atom is -0.192 e. The molecule has 0 unspecified atom stereocenters. The fourth-order valence-electron chi connectivity index (χ4n) is 5.78. The average molecular weight is 481 g/mol. The largest absolute Gasteiger partial charge is 0.192 e. The van der Waals surface area contributed by atoms with Gasteiger partial charge < -0.3 is 0 Å². The van der Waals surface area contributed by atoms with Crippen molar-refractivity contribution in [1.29, 1.82) is 10.5 Å². The van der Waals surface area contributed by atoms with Crippen molar-refractivity contribution in [3.05, 3.63) is 132 Å². The summed E-state index contributed by atoms with van der Waals surface area (Å²) in [5.41, 5.74) is 4.58. The number of rotatable bonds is 2. The van der Waals surface area contributed by atoms with Crippen LogP contribution in [0.1, 0.15) is 11.1 Å². The lowest BCUT2D eigenvalue weighted by Gasteiger charge is -2.16. The van der Waals surface area contributed by atoms with E-state index in [1.807, 2.05) is 60.7 Å². The maximum atomic E-state index is 10.4. The SMILES string of the molecule is N#Cc1cc(-c2cc3ccccc3c3ccccc23)c(C#N)cc1-c1cc2ccccc2c2ccccc12. The molecule has 7 aromatic carbocycles. The van der Waals surface area contributed by atoms with Gasteiger partial charge in [-0.2, -0.15) is 10.5 Å². The predicted octanol–water partition coefficient (Wildman–Crippen LogP) is 9.38. The van der Waals surface area contributed by atoms with Gasteiger partial charge in [-0.05, 0) is 78.5 Å². The van der Waals surface area contributed by atoms with Crippen LogP contribution < -0.4 is 0 Å². The van der Waals surface area contributed by atoms with Crippen molar-refractivity contribution >= 4 is 43.1 Å². The number of nitrogens with zero attached hydrogens (tertiary/aromatic N) is 2. The average Bonchev–Trinajstić information content (AvgIpc) is 2.99. The highest BCUT2D eigenvalue weighted by Gasteiger charge is 2.18. The molecule has 0 aliphatic rings. The van der Waals surface area contributed by atoms with E-state index in [-0.39, 0.29) is 0 Å². The number of hydrogen-bond donors (Lipinski definition) is 0. The Hall–Kier alpha value is -5.44. The highest BCUT2D eigenvalue weighted by molar-refractivity contribution is 6.16. The third-order valence-electron chi connectivity index (χ3n) is 7.52. The standard InChI is InChI=1S/C36H20N2/c37-21-25-20-34(36-18-24-10-2-4-12-28(24)30-14-6-8-16-32(30)36)26(22-38)19-33(25)35-17-23-9-1-3-11-27(23)29-13-5-7-15-31(29)35/h1-20H. The summed E-state index contributed by atoms with van der Waals surface area (Å²) in [5.74, 6) is 0. The third kappa shape index (κ3) is 3.26. The van der Waals surface area contributed by atoms with Gasteiger partial charge in [0, 0.05) is 11.1 Å². The van der Waals surface area contributed by atoms with Crippen LogP contribution in [0.15, 0.2) is 121 Å². The summed E-state index contributed by atoms with van der Waals surface area (Å²) >= 11 is 0. The van der Waals surface area contributed by atoms with Crippen LogP contribution in [0.3, 0.4) is 0 Å². The number of nitriles is 2. The summed E-state index contributed by atoms with van der Waals surface area (Å²) in [6, 6.07) is 46.1. The van der Waals surface area contributed by atoms with Gasteiger partial charge in [0.1, 0.15) is 0 Å². The summed E-state index contributed by atoms with van der Waals surface area (Å²) in [6.45, 7) is 0. The van der Waals surface area contributed by atoms with Gasteiger partial charge >= 0.3 is 0 Å². The Balaban J connectivity index is 1.56. The van der Waals surface area contributed by atoms with E-state index in [1.165, 1.54) is 10.8 Å². The first-order valence-electron chi connectivity index (χ1n) is 12.6. The van der Waals surface area contributed by atoms with Gasteiger partial charge in [0.15, 0.2) is 0 Å². The lowest BCUT2D eigenvalue weighted by molar-refractivity contribution is 1.45. The molecule has 0 amide bonds. The van der Waals surface area contributed by atoms with Crippen LogP contribution in [0.2, 0.25) is 0 Å². The monoisotopic (exact) mass is 480 g/mol. The summed E-state index contributed by atoms with van der Waals surface area (Å²) in [7, 11) is 0. The zero-order chi connectivity index (χ0) is 25.6. The van der Waals surface area contributed by atoms with E-state index in [1.54, 1.807) is 0 Å². The molecule has 0 saturated carbocycles. The molecule has 0 saturated heterocycles. The minimum atomic E-state index is 0.552. The van der Waals surface area contributed by atoms with Gasteiger partial charge in [-0.1, -0.05) is 97.1 Å². The molecule has 0 fully saturated rings. The van der Waals surface area contributed by atoms with Crippen LogP contribution in [0, 0.1) is 22.7 Å². The Morgan fingerprint density at radius 1 is 0.342 bits per heavy atom. The van der Waals surface area contributed by atoms with Crippen LogP contribution in [0.5, 0.6) is 0 Å². The molecule has 0 bridgehead atoms. The predicted molar refractivity (Wildman–Crippen MR) is 157 cm³/mol. The van der Waals surface area contributed by atoms with E-state index in [0.717, 1.165) is 54.6 Å². The van der Waals surface area contributed by atoms with Crippen molar-refractivity contribution in [3.8, 4) is 34.4 Å². The number of fused-ring (bicyclic) bond motifs is 6. The third-order valence-corrected chi connectivity index (χ3v) is 7.52. The molecular formula is C36H20N2. The van der Waals surface area contributed by atoms with E-state index in [9.17, 15) is 10.5 Å². The van der Waals surface area contributed by atoms with Crippen molar-refractivity contribution in [1.82, 2.24) is 0 Å². The maximum absolute atomic E-state index is 10.4. The molecule has 0 aliphatic carbocycles. The zero-order valence-corrected chi connectivity index (χ0v) is 20.4. The van der Waals surface area contributed by atoms with E-state index in [2.05, 4.69) is 72.8 Å². The van der Waals surface area contributed by atoms with Gasteiger partial charge in [0.05, 0.1) is 23.3 Å². The Morgan fingerprint density at radius 3 is 1.08 bits per heavy atom. The molecule has 38 heavy (non-hydrogen) atoms. The molecule has 2 heteroatoms. The highest BCUT2D eigenvalue weighted by Crippen LogP contribution is 2.41. The van der Waals surface area contributed by atoms with E-state index >= 15 is 0 Å². The van der Waals surface area contributed by atoms with Crippen LogP contribution >= 0.6 is 0 Å². The molecule has 0 heterocycles. The Labute approximate surface area is 220 Å². The second kappa shape index (κ2) is 8.59. The molecule has 0 aliphatic heterocycles. The number of hydrogen-bond acceptors (Lipinski definition) is 2. The van der Waals surface area contributed by atoms with Gasteiger partial charge in [-0.25, -0.2) is 0 Å². The normalized spacial score (nSPS) is 11.1. The lowest BCUT2D eigenvalue weighted by atomic mass is 9.86. The van der Waals surface area contributed by atoms with Crippen molar-refractivity contribution in [2.75, 3.05) is 0 Å². The summed E-state index contributed by atoms with van der Waals surface area (Å²) in [4.78, 5) is 0. The van der Waals surface area contributed by atoms with Crippen molar-refractivity contribution in [3.63, 3.8) is 0 Å². The zero-order valence-electron chi connectivity index (χ0n) is 20.4. The summed E-state index contributed by atoms with van der Waals surface area (Å²) in [5, 5.41) is 29.7. The topological polar surface area (TPSA) is 47.6 Å². The quantitative estimate of drug-likeness (QED) is 0.231. The van der Waals surface area contributed by atoms with Gasteiger partial charge in [-0.15, -0.1) is 0 Å². The van der Waals surface area contributed by atoms with Gasteiger partial charge in [0.25, 0.3) is 0 Å². The molecule has 0 radical (unpaired) electrons. The molecular weight excluding hydrogens is 460 g/mol. The smallest absolute Gasteiger partial charge is 0.0998 e. The summed E-state index contributed by atoms with van der Waals surface area (Å²) < 4.78 is 0. The molecule has 0 atom stereocenters. The van der Waals surface area contributed by atoms with Crippen molar-refractivity contribution in [2.24, 2.45) is 0 Å².